The Bertz CT molecular complexity index is 651. The summed E-state index contributed by atoms with van der Waals surface area (Å²) in [7, 11) is 1.57. The van der Waals surface area contributed by atoms with Crippen LogP contribution in [0.4, 0.5) is 5.95 Å². The van der Waals surface area contributed by atoms with E-state index in [9.17, 15) is 9.59 Å². The number of hydrogen-bond acceptors (Lipinski definition) is 4. The number of unbranched alkanes of at least 4 members (excludes halogenated alkanes) is 2. The summed E-state index contributed by atoms with van der Waals surface area (Å²) in [6, 6.07) is 0. The second-order valence-corrected chi connectivity index (χ2v) is 4.24. The maximum atomic E-state index is 11.6. The van der Waals surface area contributed by atoms with Gasteiger partial charge in [0, 0.05) is 13.6 Å². The van der Waals surface area contributed by atoms with E-state index in [2.05, 4.69) is 27.2 Å². The fourth-order valence-corrected chi connectivity index (χ4v) is 1.77. The third kappa shape index (κ3) is 2.29. The number of nitrogens with one attached hydrogen (secondary N) is 3. The van der Waals surface area contributed by atoms with E-state index in [1.54, 1.807) is 7.05 Å². The molecule has 0 bridgehead atoms. The van der Waals surface area contributed by atoms with Gasteiger partial charge in [-0.3, -0.25) is 14.3 Å². The minimum atomic E-state index is -0.462. The first-order valence-electron chi connectivity index (χ1n) is 6.06. The molecule has 0 radical (unpaired) electrons. The highest BCUT2D eigenvalue weighted by molar-refractivity contribution is 5.72. The molecule has 98 valence electrons. The highest BCUT2D eigenvalue weighted by Gasteiger charge is 2.09. The molecule has 18 heavy (non-hydrogen) atoms. The molecule has 0 aliphatic heterocycles. The van der Waals surface area contributed by atoms with Gasteiger partial charge in [-0.1, -0.05) is 19.8 Å². The molecule has 0 saturated heterocycles. The molecule has 7 heteroatoms. The lowest BCUT2D eigenvalue weighted by atomic mass is 10.2. The number of aryl methyl sites for hydroxylation is 1. The van der Waals surface area contributed by atoms with Gasteiger partial charge in [-0.25, -0.2) is 4.79 Å². The van der Waals surface area contributed by atoms with Gasteiger partial charge < -0.3 is 10.3 Å². The average Bonchev–Trinajstić information content (AvgIpc) is 2.77. The molecule has 0 aliphatic carbocycles. The number of H-pyrrole nitrogens is 2. The van der Waals surface area contributed by atoms with Crippen LogP contribution < -0.4 is 16.6 Å². The monoisotopic (exact) mass is 251 g/mol. The van der Waals surface area contributed by atoms with E-state index in [4.69, 9.17) is 0 Å². The second kappa shape index (κ2) is 5.07. The van der Waals surface area contributed by atoms with Crippen molar-refractivity contribution in [3.8, 4) is 0 Å². The van der Waals surface area contributed by atoms with Crippen molar-refractivity contribution >= 4 is 17.1 Å². The van der Waals surface area contributed by atoms with Crippen molar-refractivity contribution in [2.75, 3.05) is 11.9 Å². The van der Waals surface area contributed by atoms with Crippen molar-refractivity contribution in [3.05, 3.63) is 20.8 Å². The Kier molecular flexibility index (Phi) is 3.50. The van der Waals surface area contributed by atoms with Crippen LogP contribution in [0.15, 0.2) is 9.59 Å². The fourth-order valence-electron chi connectivity index (χ4n) is 1.77. The lowest BCUT2D eigenvalue weighted by Crippen LogP contribution is -2.28. The smallest absolute Gasteiger partial charge is 0.329 e. The van der Waals surface area contributed by atoms with Gasteiger partial charge in [-0.05, 0) is 6.42 Å². The topological polar surface area (TPSA) is 95.6 Å². The zero-order valence-electron chi connectivity index (χ0n) is 10.5. The quantitative estimate of drug-likeness (QED) is 0.676. The number of imidazole rings is 1. The number of fused-ring (bicyclic) bond motifs is 1. The molecule has 0 amide bonds. The van der Waals surface area contributed by atoms with E-state index in [0.29, 0.717) is 17.1 Å². The lowest BCUT2D eigenvalue weighted by Gasteiger charge is -2.00. The highest BCUT2D eigenvalue weighted by atomic mass is 16.2. The van der Waals surface area contributed by atoms with Gasteiger partial charge in [0.05, 0.1) is 0 Å². The van der Waals surface area contributed by atoms with Gasteiger partial charge in [0.1, 0.15) is 0 Å². The predicted octanol–water partition coefficient (Wildman–Crippen LogP) is 0.552. The molecule has 0 spiro atoms. The van der Waals surface area contributed by atoms with Crippen molar-refractivity contribution in [2.24, 2.45) is 7.05 Å². The highest BCUT2D eigenvalue weighted by Crippen LogP contribution is 2.07. The number of nitrogens with zero attached hydrogens (tertiary/aromatic N) is 2. The Morgan fingerprint density at radius 2 is 2.06 bits per heavy atom. The van der Waals surface area contributed by atoms with Crippen LogP contribution in [0.3, 0.4) is 0 Å². The number of rotatable bonds is 5. The van der Waals surface area contributed by atoms with Crippen molar-refractivity contribution in [1.29, 1.82) is 0 Å². The van der Waals surface area contributed by atoms with Crippen molar-refractivity contribution in [3.63, 3.8) is 0 Å². The molecule has 0 aliphatic rings. The minimum absolute atomic E-state index is 0.315. The van der Waals surface area contributed by atoms with Crippen molar-refractivity contribution in [1.82, 2.24) is 19.5 Å². The van der Waals surface area contributed by atoms with E-state index in [-0.39, 0.29) is 0 Å². The maximum Gasteiger partial charge on any atom is 0.329 e. The fraction of sp³-hybridized carbons (Fsp3) is 0.545. The van der Waals surface area contributed by atoms with Gasteiger partial charge in [-0.2, -0.15) is 4.98 Å². The third-order valence-electron chi connectivity index (χ3n) is 2.83. The van der Waals surface area contributed by atoms with E-state index < -0.39 is 11.2 Å². The molecular weight excluding hydrogens is 234 g/mol. The van der Waals surface area contributed by atoms with Gasteiger partial charge in [0.25, 0.3) is 5.56 Å². The van der Waals surface area contributed by atoms with Crippen LogP contribution in [-0.2, 0) is 7.05 Å². The van der Waals surface area contributed by atoms with E-state index in [1.807, 2.05) is 0 Å². The number of hydrogen-bond donors (Lipinski definition) is 3. The van der Waals surface area contributed by atoms with Crippen LogP contribution in [-0.4, -0.2) is 26.1 Å². The molecule has 0 aromatic carbocycles. The van der Waals surface area contributed by atoms with Gasteiger partial charge in [-0.15, -0.1) is 0 Å². The minimum Gasteiger partial charge on any atom is -0.356 e. The summed E-state index contributed by atoms with van der Waals surface area (Å²) in [5.74, 6) is 0.521. The largest absolute Gasteiger partial charge is 0.356 e. The lowest BCUT2D eigenvalue weighted by molar-refractivity contribution is 0.741. The normalized spacial score (nSPS) is 11.0. The Balaban J connectivity index is 2.27. The summed E-state index contributed by atoms with van der Waals surface area (Å²) in [5, 5.41) is 3.11. The SMILES string of the molecule is CCCCCNc1nc2c([nH]1)c(=O)[nH]c(=O)n2C. The van der Waals surface area contributed by atoms with Crippen LogP contribution in [0, 0.1) is 0 Å². The summed E-state index contributed by atoms with van der Waals surface area (Å²) >= 11 is 0. The number of aromatic amines is 2. The Morgan fingerprint density at radius 1 is 1.28 bits per heavy atom. The molecule has 0 unspecified atom stereocenters. The summed E-state index contributed by atoms with van der Waals surface area (Å²) in [4.78, 5) is 32.3. The van der Waals surface area contributed by atoms with E-state index >= 15 is 0 Å². The summed E-state index contributed by atoms with van der Waals surface area (Å²) < 4.78 is 1.31. The molecule has 3 N–H and O–H groups in total. The predicted molar refractivity (Wildman–Crippen MR) is 70.0 cm³/mol. The number of anilines is 1. The Morgan fingerprint density at radius 3 is 2.78 bits per heavy atom. The molecule has 0 fully saturated rings. The third-order valence-corrected chi connectivity index (χ3v) is 2.83. The second-order valence-electron chi connectivity index (χ2n) is 4.24. The molecule has 2 heterocycles. The first-order chi connectivity index (χ1) is 8.63. The van der Waals surface area contributed by atoms with Crippen LogP contribution in [0.2, 0.25) is 0 Å². The van der Waals surface area contributed by atoms with Crippen LogP contribution in [0.5, 0.6) is 0 Å². The summed E-state index contributed by atoms with van der Waals surface area (Å²) in [5.41, 5.74) is -0.226. The van der Waals surface area contributed by atoms with Gasteiger partial charge >= 0.3 is 5.69 Å². The van der Waals surface area contributed by atoms with E-state index in [0.717, 1.165) is 25.8 Å². The Labute approximate surface area is 103 Å². The van der Waals surface area contributed by atoms with Gasteiger partial charge in [0.15, 0.2) is 11.2 Å². The maximum absolute atomic E-state index is 11.6. The van der Waals surface area contributed by atoms with Crippen molar-refractivity contribution in [2.45, 2.75) is 26.2 Å². The average molecular weight is 251 g/mol. The standard InChI is InChI=1S/C11H17N5O2/c1-3-4-5-6-12-10-13-7-8(14-10)16(2)11(18)15-9(7)17/h3-6H2,1-2H3,(H2,12,13,14)(H,15,17,18). The first kappa shape index (κ1) is 12.4. The summed E-state index contributed by atoms with van der Waals surface area (Å²) in [6.45, 7) is 2.93. The molecular formula is C11H17N5O2. The summed E-state index contributed by atoms with van der Waals surface area (Å²) in [6.07, 6.45) is 3.34. The Hall–Kier alpha value is -2.05. The molecule has 2 aromatic rings. The molecule has 2 aromatic heterocycles. The van der Waals surface area contributed by atoms with E-state index in [1.165, 1.54) is 4.57 Å². The molecule has 0 atom stereocenters. The molecule has 2 rings (SSSR count). The number of aromatic nitrogens is 4. The van der Waals surface area contributed by atoms with Gasteiger partial charge in [0.2, 0.25) is 5.95 Å². The van der Waals surface area contributed by atoms with Crippen molar-refractivity contribution < 1.29 is 0 Å². The van der Waals surface area contributed by atoms with Crippen LogP contribution in [0.1, 0.15) is 26.2 Å². The molecule has 7 nitrogen and oxygen atoms in total. The van der Waals surface area contributed by atoms with Crippen LogP contribution >= 0.6 is 0 Å². The van der Waals surface area contributed by atoms with Crippen LogP contribution in [0.25, 0.3) is 11.2 Å². The first-order valence-corrected chi connectivity index (χ1v) is 6.06. The zero-order valence-corrected chi connectivity index (χ0v) is 10.5. The zero-order chi connectivity index (χ0) is 13.1. The molecule has 0 saturated carbocycles.